The second-order valence-electron chi connectivity index (χ2n) is 4.11. The van der Waals surface area contributed by atoms with Crippen LogP contribution < -0.4 is 0 Å². The summed E-state index contributed by atoms with van der Waals surface area (Å²) in [6, 6.07) is 2.82. The maximum absolute atomic E-state index is 12.2. The molecule has 0 aliphatic rings. The van der Waals surface area contributed by atoms with Gasteiger partial charge in [0.25, 0.3) is 6.43 Å². The van der Waals surface area contributed by atoms with Crippen molar-refractivity contribution in [3.8, 4) is 5.75 Å². The zero-order valence-corrected chi connectivity index (χ0v) is 10.8. The maximum Gasteiger partial charge on any atom is 0.251 e. The van der Waals surface area contributed by atoms with E-state index in [1.165, 1.54) is 31.0 Å². The Labute approximate surface area is 109 Å². The van der Waals surface area contributed by atoms with E-state index in [0.717, 1.165) is 0 Å². The minimum Gasteiger partial charge on any atom is -0.507 e. The second kappa shape index (κ2) is 6.11. The van der Waals surface area contributed by atoms with Crippen LogP contribution in [0.5, 0.6) is 5.75 Å². The lowest BCUT2D eigenvalue weighted by atomic mass is 10.1. The highest BCUT2D eigenvalue weighted by molar-refractivity contribution is 6.31. The van der Waals surface area contributed by atoms with Gasteiger partial charge in [-0.3, -0.25) is 9.69 Å². The average Bonchev–Trinajstić information content (AvgIpc) is 2.21. The molecular weight excluding hydrogens is 264 g/mol. The van der Waals surface area contributed by atoms with Crippen LogP contribution in [0.4, 0.5) is 8.78 Å². The van der Waals surface area contributed by atoms with E-state index in [4.69, 9.17) is 11.6 Å². The van der Waals surface area contributed by atoms with Gasteiger partial charge in [0.05, 0.1) is 12.1 Å². The molecule has 1 aromatic rings. The van der Waals surface area contributed by atoms with Crippen molar-refractivity contribution in [3.05, 3.63) is 28.3 Å². The smallest absolute Gasteiger partial charge is 0.251 e. The minimum atomic E-state index is -2.45. The summed E-state index contributed by atoms with van der Waals surface area (Å²) in [4.78, 5) is 12.6. The third kappa shape index (κ3) is 3.92. The Morgan fingerprint density at radius 3 is 2.61 bits per heavy atom. The fourth-order valence-electron chi connectivity index (χ4n) is 1.64. The molecule has 0 heterocycles. The largest absolute Gasteiger partial charge is 0.507 e. The standard InChI is InChI=1S/C12H14ClF2NO2/c1-7(17)10-4-9(13)3-8(12(10)18)5-16(2)6-11(14)15/h3-4,11,18H,5-6H2,1-2H3. The monoisotopic (exact) mass is 277 g/mol. The van der Waals surface area contributed by atoms with Crippen LogP contribution >= 0.6 is 11.6 Å². The Kier molecular flexibility index (Phi) is 5.04. The zero-order chi connectivity index (χ0) is 13.9. The molecule has 0 aliphatic heterocycles. The summed E-state index contributed by atoms with van der Waals surface area (Å²) in [5.41, 5.74) is 0.457. The van der Waals surface area contributed by atoms with Gasteiger partial charge >= 0.3 is 0 Å². The Morgan fingerprint density at radius 1 is 1.50 bits per heavy atom. The van der Waals surface area contributed by atoms with Crippen LogP contribution in [-0.4, -0.2) is 35.8 Å². The van der Waals surface area contributed by atoms with Crippen molar-refractivity contribution in [2.45, 2.75) is 19.9 Å². The van der Waals surface area contributed by atoms with Crippen LogP contribution in [0.25, 0.3) is 0 Å². The highest BCUT2D eigenvalue weighted by Crippen LogP contribution is 2.28. The molecule has 0 bridgehead atoms. The Bertz CT molecular complexity index is 452. The van der Waals surface area contributed by atoms with Crippen molar-refractivity contribution >= 4 is 17.4 Å². The molecule has 0 unspecified atom stereocenters. The number of halogens is 3. The van der Waals surface area contributed by atoms with Crippen molar-refractivity contribution < 1.29 is 18.7 Å². The Balaban J connectivity index is 2.98. The Hall–Kier alpha value is -1.20. The van der Waals surface area contributed by atoms with Crippen LogP contribution in [0.2, 0.25) is 5.02 Å². The van der Waals surface area contributed by atoms with E-state index in [1.807, 2.05) is 0 Å². The lowest BCUT2D eigenvalue weighted by Crippen LogP contribution is -2.24. The molecule has 0 aromatic heterocycles. The molecule has 0 amide bonds. The van der Waals surface area contributed by atoms with Gasteiger partial charge in [-0.05, 0) is 26.1 Å². The molecule has 18 heavy (non-hydrogen) atoms. The third-order valence-corrected chi connectivity index (χ3v) is 2.64. The molecule has 0 saturated carbocycles. The van der Waals surface area contributed by atoms with Crippen LogP contribution in [0.1, 0.15) is 22.8 Å². The number of hydrogen-bond donors (Lipinski definition) is 1. The fraction of sp³-hybridized carbons (Fsp3) is 0.417. The summed E-state index contributed by atoms with van der Waals surface area (Å²) in [5.74, 6) is -0.527. The quantitative estimate of drug-likeness (QED) is 0.841. The van der Waals surface area contributed by atoms with Gasteiger partial charge < -0.3 is 5.11 Å². The van der Waals surface area contributed by atoms with Gasteiger partial charge in [0, 0.05) is 17.1 Å². The van der Waals surface area contributed by atoms with Crippen LogP contribution in [-0.2, 0) is 6.54 Å². The van der Waals surface area contributed by atoms with E-state index in [1.54, 1.807) is 0 Å². The molecular formula is C12H14ClF2NO2. The molecule has 1 N–H and O–H groups in total. The number of carbonyl (C=O) groups excluding carboxylic acids is 1. The van der Waals surface area contributed by atoms with Gasteiger partial charge in [-0.15, -0.1) is 0 Å². The summed E-state index contributed by atoms with van der Waals surface area (Å²) in [6.45, 7) is 0.983. The number of Topliss-reactive ketones (excluding diaryl/α,β-unsaturated/α-hetero) is 1. The predicted molar refractivity (Wildman–Crippen MR) is 65.5 cm³/mol. The summed E-state index contributed by atoms with van der Waals surface area (Å²) >= 11 is 5.83. The van der Waals surface area contributed by atoms with Gasteiger partial charge in [0.1, 0.15) is 5.75 Å². The lowest BCUT2D eigenvalue weighted by molar-refractivity contribution is 0.0965. The van der Waals surface area contributed by atoms with Crippen LogP contribution in [0, 0.1) is 0 Å². The normalized spacial score (nSPS) is 11.3. The molecule has 0 spiro atoms. The molecule has 0 aliphatic carbocycles. The van der Waals surface area contributed by atoms with Crippen molar-refractivity contribution in [1.29, 1.82) is 0 Å². The Morgan fingerprint density at radius 2 is 2.11 bits per heavy atom. The van der Waals surface area contributed by atoms with Crippen molar-refractivity contribution in [2.24, 2.45) is 0 Å². The molecule has 0 radical (unpaired) electrons. The average molecular weight is 278 g/mol. The fourth-order valence-corrected chi connectivity index (χ4v) is 1.88. The first kappa shape index (κ1) is 14.9. The first-order chi connectivity index (χ1) is 8.31. The molecule has 0 atom stereocenters. The van der Waals surface area contributed by atoms with E-state index in [-0.39, 0.29) is 23.6 Å². The van der Waals surface area contributed by atoms with Gasteiger partial charge in [0.2, 0.25) is 0 Å². The summed E-state index contributed by atoms with van der Waals surface area (Å²) < 4.78 is 24.4. The molecule has 1 rings (SSSR count). The van der Waals surface area contributed by atoms with Crippen molar-refractivity contribution in [1.82, 2.24) is 4.90 Å². The number of carbonyl (C=O) groups is 1. The van der Waals surface area contributed by atoms with Crippen LogP contribution in [0.15, 0.2) is 12.1 Å². The van der Waals surface area contributed by atoms with E-state index in [9.17, 15) is 18.7 Å². The number of alkyl halides is 2. The van der Waals surface area contributed by atoms with E-state index < -0.39 is 13.0 Å². The summed E-state index contributed by atoms with van der Waals surface area (Å²) in [6.07, 6.45) is -2.45. The summed E-state index contributed by atoms with van der Waals surface area (Å²) in [7, 11) is 1.50. The topological polar surface area (TPSA) is 40.5 Å². The zero-order valence-electron chi connectivity index (χ0n) is 10.1. The maximum atomic E-state index is 12.2. The van der Waals surface area contributed by atoms with Gasteiger partial charge in [-0.25, -0.2) is 8.78 Å². The van der Waals surface area contributed by atoms with Gasteiger partial charge in [-0.1, -0.05) is 11.6 Å². The number of phenols is 1. The highest BCUT2D eigenvalue weighted by atomic mass is 35.5. The summed E-state index contributed by atoms with van der Waals surface area (Å²) in [5, 5.41) is 10.2. The molecule has 0 fully saturated rings. The second-order valence-corrected chi connectivity index (χ2v) is 4.54. The van der Waals surface area contributed by atoms with Crippen LogP contribution in [0.3, 0.4) is 0 Å². The van der Waals surface area contributed by atoms with E-state index in [2.05, 4.69) is 0 Å². The van der Waals surface area contributed by atoms with E-state index in [0.29, 0.717) is 10.6 Å². The minimum absolute atomic E-state index is 0.0943. The SMILES string of the molecule is CC(=O)c1cc(Cl)cc(CN(C)CC(F)F)c1O. The van der Waals surface area contributed by atoms with Gasteiger partial charge in [-0.2, -0.15) is 0 Å². The predicted octanol–water partition coefficient (Wildman–Crippen LogP) is 2.95. The van der Waals surface area contributed by atoms with Gasteiger partial charge in [0.15, 0.2) is 5.78 Å². The van der Waals surface area contributed by atoms with Crippen molar-refractivity contribution in [3.63, 3.8) is 0 Å². The first-order valence-corrected chi connectivity index (χ1v) is 5.68. The number of phenolic OH excluding ortho intramolecular Hbond substituents is 1. The first-order valence-electron chi connectivity index (χ1n) is 5.30. The lowest BCUT2D eigenvalue weighted by Gasteiger charge is -2.17. The molecule has 6 heteroatoms. The highest BCUT2D eigenvalue weighted by Gasteiger charge is 2.15. The van der Waals surface area contributed by atoms with Crippen molar-refractivity contribution in [2.75, 3.05) is 13.6 Å². The molecule has 1 aromatic carbocycles. The van der Waals surface area contributed by atoms with E-state index >= 15 is 0 Å². The molecule has 3 nitrogen and oxygen atoms in total. The number of benzene rings is 1. The third-order valence-electron chi connectivity index (χ3n) is 2.42. The number of rotatable bonds is 5. The molecule has 0 saturated heterocycles. The number of ketones is 1. The number of aromatic hydroxyl groups is 1. The number of hydrogen-bond acceptors (Lipinski definition) is 3. The molecule has 100 valence electrons. The number of nitrogens with zero attached hydrogens (tertiary/aromatic N) is 1.